The van der Waals surface area contributed by atoms with Crippen molar-refractivity contribution >= 4 is 34.7 Å². The molecular formula is C17H16N2O2S. The van der Waals surface area contributed by atoms with Gasteiger partial charge in [-0.3, -0.25) is 9.59 Å². The summed E-state index contributed by atoms with van der Waals surface area (Å²) in [4.78, 5) is 26.4. The number of benzene rings is 1. The number of carbonyl (C=O) groups excluding carboxylic acids is 2. The molecule has 0 bridgehead atoms. The van der Waals surface area contributed by atoms with Crippen LogP contribution in [0.3, 0.4) is 0 Å². The molecule has 0 saturated carbocycles. The molecule has 0 atom stereocenters. The van der Waals surface area contributed by atoms with Gasteiger partial charge in [0.1, 0.15) is 0 Å². The van der Waals surface area contributed by atoms with Gasteiger partial charge in [0.25, 0.3) is 11.1 Å². The van der Waals surface area contributed by atoms with E-state index in [1.54, 1.807) is 6.08 Å². The molecule has 22 heavy (non-hydrogen) atoms. The second-order valence-electron chi connectivity index (χ2n) is 5.08. The summed E-state index contributed by atoms with van der Waals surface area (Å²) in [5, 5.41) is -0.255. The van der Waals surface area contributed by atoms with Crippen LogP contribution in [0.5, 0.6) is 0 Å². The Kier molecular flexibility index (Phi) is 3.90. The van der Waals surface area contributed by atoms with Crippen LogP contribution in [-0.4, -0.2) is 15.7 Å². The van der Waals surface area contributed by atoms with E-state index in [4.69, 9.17) is 0 Å². The molecule has 2 heterocycles. The van der Waals surface area contributed by atoms with E-state index in [0.29, 0.717) is 10.6 Å². The van der Waals surface area contributed by atoms with Gasteiger partial charge in [0, 0.05) is 18.9 Å². The van der Waals surface area contributed by atoms with Gasteiger partial charge < -0.3 is 4.57 Å². The summed E-state index contributed by atoms with van der Waals surface area (Å²) in [6.07, 6.45) is 4.58. The molecule has 1 aromatic carbocycles. The molecule has 0 radical (unpaired) electrons. The Bertz CT molecular complexity index is 759. The highest BCUT2D eigenvalue weighted by molar-refractivity contribution is 8.19. The van der Waals surface area contributed by atoms with Crippen molar-refractivity contribution < 1.29 is 9.59 Å². The molecule has 3 rings (SSSR count). The number of aryl methyl sites for hydroxylation is 2. The first-order valence-electron chi connectivity index (χ1n) is 7.08. The Morgan fingerprint density at radius 3 is 2.45 bits per heavy atom. The third kappa shape index (κ3) is 2.60. The average molecular weight is 312 g/mol. The molecule has 4 nitrogen and oxygen atoms in total. The fraction of sp³-hybridized carbons (Fsp3) is 0.176. The molecule has 1 aromatic heterocycles. The fourth-order valence-corrected chi connectivity index (χ4v) is 3.16. The number of nitrogens with zero attached hydrogens (tertiary/aromatic N) is 2. The molecule has 1 aliphatic rings. The Labute approximate surface area is 133 Å². The standard InChI is InChI=1S/C17H16N2O2S/c1-3-12-6-8-13(9-7-12)19-16(20)15(22-17(19)21)11-14-5-4-10-18(14)2/h4-11H,3H2,1-2H3. The largest absolute Gasteiger partial charge is 0.351 e. The molecule has 1 fully saturated rings. The van der Waals surface area contributed by atoms with Gasteiger partial charge in [0.15, 0.2) is 0 Å². The van der Waals surface area contributed by atoms with Crippen LogP contribution in [0.4, 0.5) is 10.5 Å². The van der Waals surface area contributed by atoms with Crippen LogP contribution in [0.25, 0.3) is 6.08 Å². The van der Waals surface area contributed by atoms with Gasteiger partial charge in [-0.2, -0.15) is 0 Å². The van der Waals surface area contributed by atoms with E-state index in [1.165, 1.54) is 10.5 Å². The molecule has 112 valence electrons. The zero-order valence-corrected chi connectivity index (χ0v) is 13.3. The highest BCUT2D eigenvalue weighted by atomic mass is 32.2. The van der Waals surface area contributed by atoms with Gasteiger partial charge in [-0.05, 0) is 54.1 Å². The Morgan fingerprint density at radius 1 is 1.14 bits per heavy atom. The summed E-state index contributed by atoms with van der Waals surface area (Å²) in [6, 6.07) is 11.3. The minimum absolute atomic E-state index is 0.255. The van der Waals surface area contributed by atoms with Crippen molar-refractivity contribution in [1.82, 2.24) is 4.57 Å². The highest BCUT2D eigenvalue weighted by Crippen LogP contribution is 2.35. The van der Waals surface area contributed by atoms with E-state index in [0.717, 1.165) is 23.9 Å². The van der Waals surface area contributed by atoms with Crippen LogP contribution < -0.4 is 4.90 Å². The zero-order valence-electron chi connectivity index (χ0n) is 12.4. The number of imide groups is 1. The van der Waals surface area contributed by atoms with Gasteiger partial charge in [-0.15, -0.1) is 0 Å². The van der Waals surface area contributed by atoms with Gasteiger partial charge in [-0.25, -0.2) is 4.90 Å². The maximum absolute atomic E-state index is 12.5. The summed E-state index contributed by atoms with van der Waals surface area (Å²) < 4.78 is 1.91. The van der Waals surface area contributed by atoms with E-state index < -0.39 is 0 Å². The summed E-state index contributed by atoms with van der Waals surface area (Å²) in [5.74, 6) is -0.263. The second-order valence-corrected chi connectivity index (χ2v) is 6.07. The van der Waals surface area contributed by atoms with Crippen LogP contribution in [0, 0.1) is 0 Å². The van der Waals surface area contributed by atoms with Gasteiger partial charge in [-0.1, -0.05) is 19.1 Å². The van der Waals surface area contributed by atoms with Crippen molar-refractivity contribution in [1.29, 1.82) is 0 Å². The summed E-state index contributed by atoms with van der Waals surface area (Å²) in [6.45, 7) is 2.07. The van der Waals surface area contributed by atoms with E-state index in [2.05, 4.69) is 6.92 Å². The van der Waals surface area contributed by atoms with E-state index in [-0.39, 0.29) is 11.1 Å². The molecule has 0 aliphatic carbocycles. The number of hydrogen-bond donors (Lipinski definition) is 0. The van der Waals surface area contributed by atoms with E-state index in [9.17, 15) is 9.59 Å². The molecular weight excluding hydrogens is 296 g/mol. The number of anilines is 1. The predicted octanol–water partition coefficient (Wildman–Crippen LogP) is 3.83. The third-order valence-corrected chi connectivity index (χ3v) is 4.53. The van der Waals surface area contributed by atoms with Crippen molar-refractivity contribution in [2.45, 2.75) is 13.3 Å². The predicted molar refractivity (Wildman–Crippen MR) is 89.7 cm³/mol. The summed E-state index contributed by atoms with van der Waals surface area (Å²) in [5.41, 5.74) is 2.69. The smallest absolute Gasteiger partial charge is 0.298 e. The van der Waals surface area contributed by atoms with Gasteiger partial charge in [0.2, 0.25) is 0 Å². The zero-order chi connectivity index (χ0) is 15.7. The van der Waals surface area contributed by atoms with Crippen LogP contribution >= 0.6 is 11.8 Å². The molecule has 1 saturated heterocycles. The van der Waals surface area contributed by atoms with Crippen LogP contribution in [-0.2, 0) is 18.3 Å². The van der Waals surface area contributed by atoms with Crippen LogP contribution in [0.15, 0.2) is 47.5 Å². The Hall–Kier alpha value is -2.27. The highest BCUT2D eigenvalue weighted by Gasteiger charge is 2.36. The lowest BCUT2D eigenvalue weighted by Crippen LogP contribution is -2.27. The van der Waals surface area contributed by atoms with Crippen LogP contribution in [0.2, 0.25) is 0 Å². The quantitative estimate of drug-likeness (QED) is 0.809. The number of rotatable bonds is 3. The second kappa shape index (κ2) is 5.85. The molecule has 5 heteroatoms. The number of amides is 2. The summed E-state index contributed by atoms with van der Waals surface area (Å²) >= 11 is 0.979. The number of aromatic nitrogens is 1. The fourth-order valence-electron chi connectivity index (χ4n) is 2.33. The third-order valence-electron chi connectivity index (χ3n) is 3.66. The van der Waals surface area contributed by atoms with Crippen molar-refractivity contribution in [3.05, 3.63) is 58.8 Å². The first kappa shape index (κ1) is 14.7. The van der Waals surface area contributed by atoms with Crippen molar-refractivity contribution in [3.63, 3.8) is 0 Å². The number of thioether (sulfide) groups is 1. The van der Waals surface area contributed by atoms with Crippen molar-refractivity contribution in [2.24, 2.45) is 7.05 Å². The molecule has 0 spiro atoms. The van der Waals surface area contributed by atoms with E-state index in [1.807, 2.05) is 54.2 Å². The minimum Gasteiger partial charge on any atom is -0.351 e. The lowest BCUT2D eigenvalue weighted by molar-refractivity contribution is -0.113. The first-order valence-corrected chi connectivity index (χ1v) is 7.90. The molecule has 2 aromatic rings. The maximum atomic E-state index is 12.5. The van der Waals surface area contributed by atoms with Crippen LogP contribution in [0.1, 0.15) is 18.2 Å². The molecule has 2 amide bonds. The van der Waals surface area contributed by atoms with Crippen molar-refractivity contribution in [3.8, 4) is 0 Å². The van der Waals surface area contributed by atoms with Gasteiger partial charge >= 0.3 is 0 Å². The normalized spacial score (nSPS) is 16.8. The Morgan fingerprint density at radius 2 is 1.86 bits per heavy atom. The molecule has 1 aliphatic heterocycles. The number of carbonyl (C=O) groups is 2. The van der Waals surface area contributed by atoms with E-state index >= 15 is 0 Å². The van der Waals surface area contributed by atoms with Gasteiger partial charge in [0.05, 0.1) is 10.6 Å². The first-order chi connectivity index (χ1) is 10.6. The van der Waals surface area contributed by atoms with Crippen molar-refractivity contribution in [2.75, 3.05) is 4.90 Å². The monoisotopic (exact) mass is 312 g/mol. The molecule has 0 N–H and O–H groups in total. The minimum atomic E-state index is -0.263. The molecule has 0 unspecified atom stereocenters. The number of hydrogen-bond acceptors (Lipinski definition) is 3. The maximum Gasteiger partial charge on any atom is 0.298 e. The topological polar surface area (TPSA) is 42.3 Å². The average Bonchev–Trinajstić information content (AvgIpc) is 3.04. The SMILES string of the molecule is CCc1ccc(N2C(=O)SC(=Cc3cccn3C)C2=O)cc1. The summed E-state index contributed by atoms with van der Waals surface area (Å²) in [7, 11) is 1.90. The lowest BCUT2D eigenvalue weighted by atomic mass is 10.1. The lowest BCUT2D eigenvalue weighted by Gasteiger charge is -2.12. The Balaban J connectivity index is 1.91.